The number of carbonyl (C=O) groups excluding carboxylic acids is 1. The van der Waals surface area contributed by atoms with Crippen molar-refractivity contribution < 1.29 is 24.2 Å². The second kappa shape index (κ2) is 9.39. The molecule has 132 valence electrons. The molecule has 0 bridgehead atoms. The molecule has 0 aromatic heterocycles. The molecule has 1 N–H and O–H groups in total. The van der Waals surface area contributed by atoms with Crippen LogP contribution in [0.25, 0.3) is 0 Å². The minimum atomic E-state index is -0.989. The van der Waals surface area contributed by atoms with Gasteiger partial charge in [-0.25, -0.2) is 0 Å². The van der Waals surface area contributed by atoms with Crippen molar-refractivity contribution in [2.24, 2.45) is 5.92 Å². The molecular weight excluding hydrogens is 310 g/mol. The number of nitrogens with zero attached hydrogens (tertiary/aromatic N) is 1. The Morgan fingerprint density at radius 2 is 1.92 bits per heavy atom. The van der Waals surface area contributed by atoms with Gasteiger partial charge in [-0.15, -0.1) is 0 Å². The molecule has 1 heterocycles. The first kappa shape index (κ1) is 18.4. The van der Waals surface area contributed by atoms with Crippen LogP contribution in [0.1, 0.15) is 18.4 Å². The second-order valence-corrected chi connectivity index (χ2v) is 5.92. The predicted octanol–water partition coefficient (Wildman–Crippen LogP) is 1.58. The topological polar surface area (TPSA) is 76.1 Å². The molecule has 1 aromatic carbocycles. The van der Waals surface area contributed by atoms with Crippen LogP contribution in [0.5, 0.6) is 0 Å². The van der Waals surface area contributed by atoms with Gasteiger partial charge < -0.3 is 19.5 Å². The summed E-state index contributed by atoms with van der Waals surface area (Å²) in [4.78, 5) is 25.9. The highest BCUT2D eigenvalue weighted by Crippen LogP contribution is 2.19. The Hall–Kier alpha value is -1.92. The Bertz CT molecular complexity index is 527. The lowest BCUT2D eigenvalue weighted by atomic mass is 9.93. The van der Waals surface area contributed by atoms with Crippen LogP contribution < -0.4 is 0 Å². The smallest absolute Gasteiger partial charge is 0.309 e. The number of benzene rings is 1. The summed E-state index contributed by atoms with van der Waals surface area (Å²) >= 11 is 0. The minimum Gasteiger partial charge on any atom is -0.481 e. The third-order valence-electron chi connectivity index (χ3n) is 4.33. The zero-order chi connectivity index (χ0) is 17.4. The number of aryl methyl sites for hydroxylation is 1. The van der Waals surface area contributed by atoms with Gasteiger partial charge >= 0.3 is 5.97 Å². The van der Waals surface area contributed by atoms with Gasteiger partial charge in [0.2, 0.25) is 0 Å². The first-order chi connectivity index (χ1) is 11.6. The maximum atomic E-state index is 12.6. The van der Waals surface area contributed by atoms with Crippen LogP contribution in [-0.4, -0.2) is 61.4 Å². The summed E-state index contributed by atoms with van der Waals surface area (Å²) in [6.45, 7) is 1.92. The number of carboxylic acids is 1. The molecule has 0 radical (unpaired) electrons. The molecule has 2 atom stereocenters. The largest absolute Gasteiger partial charge is 0.481 e. The first-order valence-corrected chi connectivity index (χ1v) is 8.29. The van der Waals surface area contributed by atoms with Gasteiger partial charge in [0.1, 0.15) is 6.10 Å². The van der Waals surface area contributed by atoms with Crippen LogP contribution in [0.3, 0.4) is 0 Å². The molecule has 0 aliphatic carbocycles. The third kappa shape index (κ3) is 5.04. The summed E-state index contributed by atoms with van der Waals surface area (Å²) in [5.74, 6) is -2.08. The zero-order valence-corrected chi connectivity index (χ0v) is 14.0. The highest BCUT2D eigenvalue weighted by molar-refractivity contribution is 5.86. The number of hydrogen-bond donors (Lipinski definition) is 1. The van der Waals surface area contributed by atoms with Crippen molar-refractivity contribution in [3.63, 3.8) is 0 Å². The molecule has 1 aliphatic rings. The molecular formula is C18H25NO5. The standard InChI is InChI=1S/C18H25NO5/c1-23-16(17(20)19-10-12-24-13-11-19)15(18(21)22)9-5-8-14-6-3-2-4-7-14/h2-4,6-7,15-16H,5,8-13H2,1H3,(H,21,22)/t15-,16?/m1/s1. The SMILES string of the molecule is COC(C(=O)N1CCOCC1)[C@@H](CCCc1ccccc1)C(=O)O. The van der Waals surface area contributed by atoms with E-state index in [1.807, 2.05) is 30.3 Å². The van der Waals surface area contributed by atoms with Gasteiger partial charge in [-0.05, 0) is 24.8 Å². The zero-order valence-electron chi connectivity index (χ0n) is 14.0. The van der Waals surface area contributed by atoms with E-state index in [1.165, 1.54) is 7.11 Å². The number of methoxy groups -OCH3 is 1. The number of aliphatic carboxylic acids is 1. The van der Waals surface area contributed by atoms with E-state index in [4.69, 9.17) is 9.47 Å². The first-order valence-electron chi connectivity index (χ1n) is 8.29. The molecule has 6 nitrogen and oxygen atoms in total. The number of carbonyl (C=O) groups is 2. The van der Waals surface area contributed by atoms with Crippen molar-refractivity contribution >= 4 is 11.9 Å². The van der Waals surface area contributed by atoms with Crippen LogP contribution in [-0.2, 0) is 25.5 Å². The molecule has 1 aromatic rings. The van der Waals surface area contributed by atoms with Gasteiger partial charge in [-0.1, -0.05) is 30.3 Å². The quantitative estimate of drug-likeness (QED) is 0.781. The Morgan fingerprint density at radius 3 is 2.50 bits per heavy atom. The van der Waals surface area contributed by atoms with E-state index in [1.54, 1.807) is 4.90 Å². The van der Waals surface area contributed by atoms with Crippen LogP contribution in [0.2, 0.25) is 0 Å². The summed E-state index contributed by atoms with van der Waals surface area (Å²) in [7, 11) is 1.40. The monoisotopic (exact) mass is 335 g/mol. The minimum absolute atomic E-state index is 0.257. The molecule has 6 heteroatoms. The predicted molar refractivity (Wildman–Crippen MR) is 88.7 cm³/mol. The van der Waals surface area contributed by atoms with Crippen molar-refractivity contribution in [2.75, 3.05) is 33.4 Å². The van der Waals surface area contributed by atoms with Crippen molar-refractivity contribution in [3.05, 3.63) is 35.9 Å². The Balaban J connectivity index is 1.95. The van der Waals surface area contributed by atoms with Crippen molar-refractivity contribution in [1.29, 1.82) is 0 Å². The fraction of sp³-hybridized carbons (Fsp3) is 0.556. The number of ether oxygens (including phenoxy) is 2. The molecule has 1 fully saturated rings. The van der Waals surface area contributed by atoms with Crippen LogP contribution in [0.15, 0.2) is 30.3 Å². The molecule has 2 rings (SSSR count). The van der Waals surface area contributed by atoms with Gasteiger partial charge in [0.25, 0.3) is 5.91 Å². The number of carboxylic acid groups (broad SMARTS) is 1. The van der Waals surface area contributed by atoms with E-state index >= 15 is 0 Å². The summed E-state index contributed by atoms with van der Waals surface area (Å²) < 4.78 is 10.5. The maximum Gasteiger partial charge on any atom is 0.309 e. The van der Waals surface area contributed by atoms with Gasteiger partial charge in [0.05, 0.1) is 19.1 Å². The number of morpholine rings is 1. The van der Waals surface area contributed by atoms with Gasteiger partial charge in [0.15, 0.2) is 0 Å². The van der Waals surface area contributed by atoms with E-state index in [9.17, 15) is 14.7 Å². The number of hydrogen-bond acceptors (Lipinski definition) is 4. The van der Waals surface area contributed by atoms with E-state index in [2.05, 4.69) is 0 Å². The molecule has 1 aliphatic heterocycles. The molecule has 1 unspecified atom stereocenters. The Kier molecular flexibility index (Phi) is 7.21. The lowest BCUT2D eigenvalue weighted by Crippen LogP contribution is -2.49. The number of amides is 1. The molecule has 1 amide bonds. The fourth-order valence-corrected chi connectivity index (χ4v) is 2.98. The fourth-order valence-electron chi connectivity index (χ4n) is 2.98. The van der Waals surface area contributed by atoms with E-state index in [-0.39, 0.29) is 5.91 Å². The molecule has 1 saturated heterocycles. The maximum absolute atomic E-state index is 12.6. The van der Waals surface area contributed by atoms with Crippen molar-refractivity contribution in [1.82, 2.24) is 4.90 Å². The summed E-state index contributed by atoms with van der Waals surface area (Å²) in [5.41, 5.74) is 1.16. The van der Waals surface area contributed by atoms with Gasteiger partial charge in [-0.3, -0.25) is 9.59 Å². The normalized spacial score (nSPS) is 17.3. The summed E-state index contributed by atoms with van der Waals surface area (Å²) in [6, 6.07) is 9.91. The van der Waals surface area contributed by atoms with E-state index in [0.717, 1.165) is 12.0 Å². The van der Waals surface area contributed by atoms with E-state index in [0.29, 0.717) is 39.1 Å². The van der Waals surface area contributed by atoms with Crippen LogP contribution in [0, 0.1) is 5.92 Å². The Labute approximate surface area is 142 Å². The van der Waals surface area contributed by atoms with Crippen LogP contribution >= 0.6 is 0 Å². The van der Waals surface area contributed by atoms with E-state index < -0.39 is 18.0 Å². The average Bonchev–Trinajstić information content (AvgIpc) is 2.62. The second-order valence-electron chi connectivity index (χ2n) is 5.92. The van der Waals surface area contributed by atoms with Gasteiger partial charge in [-0.2, -0.15) is 0 Å². The van der Waals surface area contributed by atoms with Crippen molar-refractivity contribution in [2.45, 2.75) is 25.4 Å². The summed E-state index contributed by atoms with van der Waals surface area (Å²) in [6.07, 6.45) is 0.930. The molecule has 0 spiro atoms. The third-order valence-corrected chi connectivity index (χ3v) is 4.33. The highest BCUT2D eigenvalue weighted by Gasteiger charge is 2.36. The molecule has 24 heavy (non-hydrogen) atoms. The highest BCUT2D eigenvalue weighted by atomic mass is 16.5. The van der Waals surface area contributed by atoms with Gasteiger partial charge in [0, 0.05) is 20.2 Å². The molecule has 0 saturated carbocycles. The number of rotatable bonds is 8. The van der Waals surface area contributed by atoms with Crippen LogP contribution in [0.4, 0.5) is 0 Å². The Morgan fingerprint density at radius 1 is 1.25 bits per heavy atom. The lowest BCUT2D eigenvalue weighted by Gasteiger charge is -2.31. The van der Waals surface area contributed by atoms with Crippen molar-refractivity contribution in [3.8, 4) is 0 Å². The lowest BCUT2D eigenvalue weighted by molar-refractivity contribution is -0.160. The average molecular weight is 335 g/mol. The summed E-state index contributed by atoms with van der Waals surface area (Å²) in [5, 5.41) is 9.54.